The number of benzene rings is 1. The quantitative estimate of drug-likeness (QED) is 0.492. The lowest BCUT2D eigenvalue weighted by atomic mass is 10.3. The highest BCUT2D eigenvalue weighted by Crippen LogP contribution is 2.28. The second-order valence-corrected chi connectivity index (χ2v) is 5.07. The summed E-state index contributed by atoms with van der Waals surface area (Å²) in [6.45, 7) is 1.65. The van der Waals surface area contributed by atoms with Crippen LogP contribution in [0.3, 0.4) is 0 Å². The van der Waals surface area contributed by atoms with Gasteiger partial charge < -0.3 is 10.1 Å². The number of nitro benzene ring substituents is 1. The van der Waals surface area contributed by atoms with Gasteiger partial charge >= 0.3 is 12.0 Å². The van der Waals surface area contributed by atoms with Crippen LogP contribution in [0.25, 0.3) is 10.2 Å². The van der Waals surface area contributed by atoms with Crippen LogP contribution >= 0.6 is 11.3 Å². The molecular formula is C12H12N4O5S. The number of hydrogen-bond donors (Lipinski definition) is 2. The first kappa shape index (κ1) is 15.6. The van der Waals surface area contributed by atoms with Gasteiger partial charge in [0.2, 0.25) is 0 Å². The molecule has 0 bridgehead atoms. The average molecular weight is 324 g/mol. The Morgan fingerprint density at radius 3 is 2.91 bits per heavy atom. The smallest absolute Gasteiger partial charge is 0.325 e. The van der Waals surface area contributed by atoms with Gasteiger partial charge in [0.1, 0.15) is 6.54 Å². The molecule has 0 aliphatic rings. The molecule has 0 atom stereocenters. The van der Waals surface area contributed by atoms with Crippen LogP contribution < -0.4 is 10.6 Å². The third-order valence-corrected chi connectivity index (χ3v) is 3.44. The highest BCUT2D eigenvalue weighted by molar-refractivity contribution is 7.22. The number of hydrogen-bond acceptors (Lipinski definition) is 7. The Morgan fingerprint density at radius 1 is 1.45 bits per heavy atom. The van der Waals surface area contributed by atoms with Gasteiger partial charge in [-0.25, -0.2) is 9.78 Å². The standard InChI is InChI=1S/C12H12N4O5S/c1-2-21-10(17)6-13-11(18)15-12-14-8-4-3-7(16(19)20)5-9(8)22-12/h3-5H,2,6H2,1H3,(H2,13,14,15,18). The number of thiazole rings is 1. The van der Waals surface area contributed by atoms with Crippen molar-refractivity contribution in [2.75, 3.05) is 18.5 Å². The molecule has 2 aromatic rings. The van der Waals surface area contributed by atoms with Gasteiger partial charge in [0, 0.05) is 12.1 Å². The minimum atomic E-state index is -0.610. The summed E-state index contributed by atoms with van der Waals surface area (Å²) < 4.78 is 5.25. The Morgan fingerprint density at radius 2 is 2.23 bits per heavy atom. The first-order valence-corrected chi connectivity index (χ1v) is 7.06. The molecule has 1 heterocycles. The van der Waals surface area contributed by atoms with Crippen molar-refractivity contribution in [3.05, 3.63) is 28.3 Å². The SMILES string of the molecule is CCOC(=O)CNC(=O)Nc1nc2ccc([N+](=O)[O-])cc2s1. The second-order valence-electron chi connectivity index (χ2n) is 4.04. The molecule has 0 saturated carbocycles. The maximum absolute atomic E-state index is 11.6. The van der Waals surface area contributed by atoms with Crippen LogP contribution in [0.4, 0.5) is 15.6 Å². The van der Waals surface area contributed by atoms with Crippen molar-refractivity contribution >= 4 is 44.4 Å². The van der Waals surface area contributed by atoms with Gasteiger partial charge in [-0.3, -0.25) is 20.2 Å². The molecule has 1 aromatic heterocycles. The molecule has 2 N–H and O–H groups in total. The molecule has 0 aliphatic heterocycles. The number of aromatic nitrogens is 1. The Labute approximate surface area is 128 Å². The number of nitrogens with one attached hydrogen (secondary N) is 2. The zero-order valence-electron chi connectivity index (χ0n) is 11.5. The number of carbonyl (C=O) groups excluding carboxylic acids is 2. The largest absolute Gasteiger partial charge is 0.465 e. The van der Waals surface area contributed by atoms with E-state index in [1.54, 1.807) is 6.92 Å². The van der Waals surface area contributed by atoms with E-state index in [1.165, 1.54) is 18.2 Å². The normalized spacial score (nSPS) is 10.2. The highest BCUT2D eigenvalue weighted by atomic mass is 32.1. The predicted molar refractivity (Wildman–Crippen MR) is 79.9 cm³/mol. The van der Waals surface area contributed by atoms with Crippen molar-refractivity contribution in [3.63, 3.8) is 0 Å². The van der Waals surface area contributed by atoms with Crippen molar-refractivity contribution < 1.29 is 19.2 Å². The Balaban J connectivity index is 2.01. The van der Waals surface area contributed by atoms with E-state index in [9.17, 15) is 19.7 Å². The van der Waals surface area contributed by atoms with Gasteiger partial charge in [-0.05, 0) is 13.0 Å². The molecule has 1 aromatic carbocycles. The van der Waals surface area contributed by atoms with Gasteiger partial charge in [0.15, 0.2) is 5.13 Å². The maximum atomic E-state index is 11.6. The Bertz CT molecular complexity index is 729. The molecule has 0 radical (unpaired) electrons. The van der Waals surface area contributed by atoms with Crippen LogP contribution in [0.5, 0.6) is 0 Å². The fraction of sp³-hybridized carbons (Fsp3) is 0.250. The summed E-state index contributed by atoms with van der Waals surface area (Å²) in [5, 5.41) is 15.8. The molecule has 2 amide bonds. The first-order chi connectivity index (χ1) is 10.5. The number of nitro groups is 1. The lowest BCUT2D eigenvalue weighted by molar-refractivity contribution is -0.384. The zero-order chi connectivity index (χ0) is 16.1. The van der Waals surface area contributed by atoms with E-state index in [1.807, 2.05) is 0 Å². The second kappa shape index (κ2) is 6.80. The highest BCUT2D eigenvalue weighted by Gasteiger charge is 2.12. The van der Waals surface area contributed by atoms with Crippen LogP contribution in [-0.4, -0.2) is 35.1 Å². The molecule has 0 fully saturated rings. The summed E-state index contributed by atoms with van der Waals surface area (Å²) in [5.74, 6) is -0.544. The van der Waals surface area contributed by atoms with Gasteiger partial charge in [-0.15, -0.1) is 0 Å². The van der Waals surface area contributed by atoms with Crippen molar-refractivity contribution in [2.45, 2.75) is 6.92 Å². The van der Waals surface area contributed by atoms with E-state index in [0.29, 0.717) is 10.2 Å². The number of non-ortho nitro benzene ring substituents is 1. The number of esters is 1. The van der Waals surface area contributed by atoms with Gasteiger partial charge in [-0.2, -0.15) is 0 Å². The monoisotopic (exact) mass is 324 g/mol. The minimum absolute atomic E-state index is 0.0468. The number of urea groups is 1. The summed E-state index contributed by atoms with van der Waals surface area (Å²) in [4.78, 5) is 37.0. The number of ether oxygens (including phenoxy) is 1. The predicted octanol–water partition coefficient (Wildman–Crippen LogP) is 1.89. The van der Waals surface area contributed by atoms with Crippen molar-refractivity contribution in [1.29, 1.82) is 0 Å². The lowest BCUT2D eigenvalue weighted by Gasteiger charge is -2.04. The number of rotatable bonds is 5. The lowest BCUT2D eigenvalue weighted by Crippen LogP contribution is -2.34. The van der Waals surface area contributed by atoms with Crippen molar-refractivity contribution in [1.82, 2.24) is 10.3 Å². The number of fused-ring (bicyclic) bond motifs is 1. The van der Waals surface area contributed by atoms with E-state index in [0.717, 1.165) is 11.3 Å². The number of carbonyl (C=O) groups is 2. The van der Waals surface area contributed by atoms with Crippen LogP contribution in [0.2, 0.25) is 0 Å². The Kier molecular flexibility index (Phi) is 4.84. The molecule has 0 unspecified atom stereocenters. The molecule has 2 rings (SSSR count). The topological polar surface area (TPSA) is 123 Å². The minimum Gasteiger partial charge on any atom is -0.465 e. The molecular weight excluding hydrogens is 312 g/mol. The van der Waals surface area contributed by atoms with E-state index in [4.69, 9.17) is 0 Å². The number of anilines is 1. The fourth-order valence-corrected chi connectivity index (χ4v) is 2.48. The van der Waals surface area contributed by atoms with E-state index in [-0.39, 0.29) is 24.0 Å². The summed E-state index contributed by atoms with van der Waals surface area (Å²) in [5.41, 5.74) is 0.491. The maximum Gasteiger partial charge on any atom is 0.325 e. The number of amides is 2. The van der Waals surface area contributed by atoms with Crippen LogP contribution in [0.1, 0.15) is 6.92 Å². The first-order valence-electron chi connectivity index (χ1n) is 6.25. The van der Waals surface area contributed by atoms with Crippen LogP contribution in [0, 0.1) is 10.1 Å². The van der Waals surface area contributed by atoms with E-state index < -0.39 is 16.9 Å². The van der Waals surface area contributed by atoms with E-state index >= 15 is 0 Å². The third-order valence-electron chi connectivity index (χ3n) is 2.50. The van der Waals surface area contributed by atoms with Crippen molar-refractivity contribution in [3.8, 4) is 0 Å². The number of nitrogens with zero attached hydrogens (tertiary/aromatic N) is 2. The van der Waals surface area contributed by atoms with Crippen LogP contribution in [0.15, 0.2) is 18.2 Å². The molecule has 10 heteroatoms. The van der Waals surface area contributed by atoms with Gasteiger partial charge in [0.05, 0.1) is 21.7 Å². The zero-order valence-corrected chi connectivity index (χ0v) is 12.3. The molecule has 9 nitrogen and oxygen atoms in total. The molecule has 0 aliphatic carbocycles. The Hall–Kier alpha value is -2.75. The molecule has 0 spiro atoms. The summed E-state index contributed by atoms with van der Waals surface area (Å²) in [6, 6.07) is 3.62. The van der Waals surface area contributed by atoms with Crippen molar-refractivity contribution in [2.24, 2.45) is 0 Å². The van der Waals surface area contributed by atoms with Gasteiger partial charge in [0.25, 0.3) is 5.69 Å². The average Bonchev–Trinajstić information content (AvgIpc) is 2.86. The summed E-state index contributed by atoms with van der Waals surface area (Å²) in [7, 11) is 0. The third kappa shape index (κ3) is 3.88. The van der Waals surface area contributed by atoms with Gasteiger partial charge in [-0.1, -0.05) is 11.3 Å². The fourth-order valence-electron chi connectivity index (χ4n) is 1.59. The van der Waals surface area contributed by atoms with Crippen LogP contribution in [-0.2, 0) is 9.53 Å². The summed E-state index contributed by atoms with van der Waals surface area (Å²) in [6.07, 6.45) is 0. The molecule has 0 saturated heterocycles. The summed E-state index contributed by atoms with van der Waals surface area (Å²) >= 11 is 1.10. The molecule has 22 heavy (non-hydrogen) atoms. The molecule has 116 valence electrons. The van der Waals surface area contributed by atoms with E-state index in [2.05, 4.69) is 20.4 Å².